The Labute approximate surface area is 169 Å². The highest BCUT2D eigenvalue weighted by Gasteiger charge is 2.33. The topological polar surface area (TPSA) is 90.7 Å². The van der Waals surface area contributed by atoms with Crippen molar-refractivity contribution in [3.05, 3.63) is 59.9 Å². The first-order chi connectivity index (χ1) is 13.8. The predicted molar refractivity (Wildman–Crippen MR) is 103 cm³/mol. The van der Waals surface area contributed by atoms with Gasteiger partial charge in [-0.25, -0.2) is 12.8 Å². The minimum Gasteiger partial charge on any atom is -0.481 e. The normalized spacial score (nSPS) is 16.1. The molecule has 0 N–H and O–H groups in total. The van der Waals surface area contributed by atoms with Crippen LogP contribution in [-0.4, -0.2) is 55.8 Å². The van der Waals surface area contributed by atoms with E-state index >= 15 is 0 Å². The lowest BCUT2D eigenvalue weighted by atomic mass is 10.2. The van der Waals surface area contributed by atoms with Crippen molar-refractivity contribution < 1.29 is 22.3 Å². The lowest BCUT2D eigenvalue weighted by Gasteiger charge is -2.35. The van der Waals surface area contributed by atoms with Gasteiger partial charge in [0, 0.05) is 26.2 Å². The van der Waals surface area contributed by atoms with Crippen LogP contribution < -0.4 is 4.74 Å². The van der Waals surface area contributed by atoms with Gasteiger partial charge in [0.2, 0.25) is 10.0 Å². The molecule has 1 atom stereocenters. The molecule has 152 valence electrons. The van der Waals surface area contributed by atoms with Crippen LogP contribution in [0, 0.1) is 17.1 Å². The number of nitriles is 1. The number of piperazine rings is 1. The largest absolute Gasteiger partial charge is 0.481 e. The van der Waals surface area contributed by atoms with Crippen molar-refractivity contribution in [2.75, 3.05) is 26.2 Å². The van der Waals surface area contributed by atoms with Crippen LogP contribution in [0.3, 0.4) is 0 Å². The molecule has 0 aliphatic carbocycles. The fourth-order valence-corrected chi connectivity index (χ4v) is 4.66. The van der Waals surface area contributed by atoms with Gasteiger partial charge in [0.25, 0.3) is 5.91 Å². The molecule has 2 aromatic carbocycles. The molecular formula is C20H20FN3O4S. The van der Waals surface area contributed by atoms with Gasteiger partial charge in [0.1, 0.15) is 17.6 Å². The number of hydrogen-bond donors (Lipinski definition) is 0. The summed E-state index contributed by atoms with van der Waals surface area (Å²) in [5.41, 5.74) is 0.0901. The van der Waals surface area contributed by atoms with E-state index in [1.54, 1.807) is 19.1 Å². The van der Waals surface area contributed by atoms with Gasteiger partial charge in [-0.3, -0.25) is 4.79 Å². The number of hydrogen-bond acceptors (Lipinski definition) is 5. The van der Waals surface area contributed by atoms with Gasteiger partial charge in [0.05, 0.1) is 10.5 Å². The molecule has 7 nitrogen and oxygen atoms in total. The van der Waals surface area contributed by atoms with E-state index in [1.165, 1.54) is 45.6 Å². The number of benzene rings is 2. The van der Waals surface area contributed by atoms with E-state index in [1.807, 2.05) is 6.07 Å². The van der Waals surface area contributed by atoms with Gasteiger partial charge < -0.3 is 9.64 Å². The summed E-state index contributed by atoms with van der Waals surface area (Å²) in [6.07, 6.45) is -0.789. The number of nitrogens with zero attached hydrogens (tertiary/aromatic N) is 3. The first-order valence-corrected chi connectivity index (χ1v) is 10.5. The molecule has 1 aliphatic rings. The van der Waals surface area contributed by atoms with Gasteiger partial charge in [-0.15, -0.1) is 0 Å². The highest BCUT2D eigenvalue weighted by molar-refractivity contribution is 7.89. The van der Waals surface area contributed by atoms with Gasteiger partial charge in [-0.05, 0) is 43.3 Å². The number of halogens is 1. The molecule has 0 saturated carbocycles. The Kier molecular flexibility index (Phi) is 6.15. The summed E-state index contributed by atoms with van der Waals surface area (Å²) >= 11 is 0. The van der Waals surface area contributed by atoms with Gasteiger partial charge in [-0.1, -0.05) is 12.1 Å². The molecular weight excluding hydrogens is 397 g/mol. The van der Waals surface area contributed by atoms with E-state index in [4.69, 9.17) is 4.74 Å². The fraction of sp³-hybridized carbons (Fsp3) is 0.300. The maximum atomic E-state index is 13.0. The van der Waals surface area contributed by atoms with Crippen LogP contribution in [0.25, 0.3) is 0 Å². The third-order valence-electron chi connectivity index (χ3n) is 4.65. The lowest BCUT2D eigenvalue weighted by Crippen LogP contribution is -2.53. The van der Waals surface area contributed by atoms with Gasteiger partial charge >= 0.3 is 0 Å². The van der Waals surface area contributed by atoms with Crippen molar-refractivity contribution in [2.45, 2.75) is 17.9 Å². The Morgan fingerprint density at radius 1 is 1.10 bits per heavy atom. The zero-order valence-corrected chi connectivity index (χ0v) is 16.6. The van der Waals surface area contributed by atoms with Crippen LogP contribution in [-0.2, 0) is 14.8 Å². The lowest BCUT2D eigenvalue weighted by molar-refractivity contribution is -0.139. The second kappa shape index (κ2) is 8.59. The second-order valence-corrected chi connectivity index (χ2v) is 8.46. The average molecular weight is 417 g/mol. The maximum Gasteiger partial charge on any atom is 0.263 e. The third kappa shape index (κ3) is 4.55. The van der Waals surface area contributed by atoms with Gasteiger partial charge in [0.15, 0.2) is 6.10 Å². The molecule has 1 saturated heterocycles. The van der Waals surface area contributed by atoms with Crippen LogP contribution >= 0.6 is 0 Å². The Morgan fingerprint density at radius 3 is 2.34 bits per heavy atom. The summed E-state index contributed by atoms with van der Waals surface area (Å²) in [7, 11) is -3.82. The second-order valence-electron chi connectivity index (χ2n) is 6.55. The van der Waals surface area contributed by atoms with Crippen LogP contribution in [0.4, 0.5) is 4.39 Å². The first kappa shape index (κ1) is 20.8. The molecule has 3 rings (SSSR count). The molecule has 1 aliphatic heterocycles. The Hall–Kier alpha value is -2.96. The van der Waals surface area contributed by atoms with Crippen LogP contribution in [0.2, 0.25) is 0 Å². The fourth-order valence-electron chi connectivity index (χ4n) is 3.10. The first-order valence-electron chi connectivity index (χ1n) is 9.03. The van der Waals surface area contributed by atoms with Crippen molar-refractivity contribution in [2.24, 2.45) is 0 Å². The molecule has 29 heavy (non-hydrogen) atoms. The Balaban J connectivity index is 1.63. The van der Waals surface area contributed by atoms with Gasteiger partial charge in [-0.2, -0.15) is 9.57 Å². The number of sulfonamides is 1. The Morgan fingerprint density at radius 2 is 1.72 bits per heavy atom. The number of ether oxygens (including phenoxy) is 1. The molecule has 1 fully saturated rings. The minimum absolute atomic E-state index is 0.0321. The van der Waals surface area contributed by atoms with Crippen molar-refractivity contribution in [3.63, 3.8) is 0 Å². The van der Waals surface area contributed by atoms with Crippen molar-refractivity contribution in [1.82, 2.24) is 9.21 Å². The van der Waals surface area contributed by atoms with E-state index in [9.17, 15) is 22.9 Å². The van der Waals surface area contributed by atoms with E-state index in [0.717, 1.165) is 0 Å². The quantitative estimate of drug-likeness (QED) is 0.742. The van der Waals surface area contributed by atoms with Crippen molar-refractivity contribution in [3.8, 4) is 11.8 Å². The molecule has 0 aromatic heterocycles. The number of carbonyl (C=O) groups is 1. The minimum atomic E-state index is -3.82. The molecule has 0 unspecified atom stereocenters. The summed E-state index contributed by atoms with van der Waals surface area (Å²) < 4.78 is 45.5. The van der Waals surface area contributed by atoms with Crippen molar-refractivity contribution in [1.29, 1.82) is 5.26 Å². The van der Waals surface area contributed by atoms with Crippen LogP contribution in [0.15, 0.2) is 53.4 Å². The third-order valence-corrected chi connectivity index (χ3v) is 6.61. The summed E-state index contributed by atoms with van der Waals surface area (Å²) in [6.45, 7) is 2.26. The molecule has 1 heterocycles. The summed E-state index contributed by atoms with van der Waals surface area (Å²) in [5.74, 6) is -0.294. The zero-order chi connectivity index (χ0) is 21.0. The van der Waals surface area contributed by atoms with Crippen LogP contribution in [0.5, 0.6) is 5.75 Å². The zero-order valence-electron chi connectivity index (χ0n) is 15.8. The highest BCUT2D eigenvalue weighted by Crippen LogP contribution is 2.21. The number of amides is 1. The van der Waals surface area contributed by atoms with E-state index in [2.05, 4.69) is 0 Å². The van der Waals surface area contributed by atoms with E-state index < -0.39 is 21.9 Å². The molecule has 2 aromatic rings. The molecule has 0 bridgehead atoms. The summed E-state index contributed by atoms with van der Waals surface area (Å²) in [4.78, 5) is 14.1. The van der Waals surface area contributed by atoms with Crippen LogP contribution in [0.1, 0.15) is 12.5 Å². The van der Waals surface area contributed by atoms with E-state index in [0.29, 0.717) is 5.75 Å². The molecule has 1 amide bonds. The van der Waals surface area contributed by atoms with E-state index in [-0.39, 0.29) is 42.5 Å². The standard InChI is InChI=1S/C20H20FN3O4S/c1-15(28-18-8-6-17(21)7-9-18)20(25)23-10-12-24(13-11-23)29(26,27)19-5-3-2-4-16(19)14-22/h2-9,15H,10-13H2,1H3/t15-/m1/s1. The Bertz CT molecular complexity index is 1030. The summed E-state index contributed by atoms with van der Waals surface area (Å²) in [5, 5.41) is 9.17. The maximum absolute atomic E-state index is 13.0. The highest BCUT2D eigenvalue weighted by atomic mass is 32.2. The molecule has 9 heteroatoms. The monoisotopic (exact) mass is 417 g/mol. The molecule has 0 radical (unpaired) electrons. The number of carbonyl (C=O) groups excluding carboxylic acids is 1. The molecule has 0 spiro atoms. The average Bonchev–Trinajstić information content (AvgIpc) is 2.74. The smallest absolute Gasteiger partial charge is 0.263 e. The predicted octanol–water partition coefficient (Wildman–Crippen LogP) is 2.00. The summed E-state index contributed by atoms with van der Waals surface area (Å²) in [6, 6.07) is 13.3. The SMILES string of the molecule is C[C@@H](Oc1ccc(F)cc1)C(=O)N1CCN(S(=O)(=O)c2ccccc2C#N)CC1. The number of rotatable bonds is 5. The van der Waals surface area contributed by atoms with Crippen molar-refractivity contribution >= 4 is 15.9 Å².